The van der Waals surface area contributed by atoms with Gasteiger partial charge in [0, 0.05) is 4.47 Å². The molecule has 1 aliphatic heterocycles. The molecule has 2 rings (SSSR count). The smallest absolute Gasteiger partial charge is 0.326 e. The first-order chi connectivity index (χ1) is 10.4. The Kier molecular flexibility index (Phi) is 5.28. The first kappa shape index (κ1) is 16.6. The first-order valence-electron chi connectivity index (χ1n) is 6.98. The van der Waals surface area contributed by atoms with Crippen LogP contribution in [0.2, 0.25) is 0 Å². The fourth-order valence-electron chi connectivity index (χ4n) is 2.15. The summed E-state index contributed by atoms with van der Waals surface area (Å²) in [6, 6.07) is 2.60. The highest BCUT2D eigenvalue weighted by molar-refractivity contribution is 9.10. The molecule has 1 atom stereocenters. The number of fused-ring (bicyclic) bond motifs is 1. The van der Waals surface area contributed by atoms with Gasteiger partial charge in [0.2, 0.25) is 5.91 Å². The summed E-state index contributed by atoms with van der Waals surface area (Å²) in [5, 5.41) is 11.7. The summed E-state index contributed by atoms with van der Waals surface area (Å²) in [7, 11) is 0. The second-order valence-electron chi connectivity index (χ2n) is 5.39. The zero-order valence-electron chi connectivity index (χ0n) is 12.4. The lowest BCUT2D eigenvalue weighted by Gasteiger charge is -2.21. The molecular weight excluding hydrogens is 354 g/mol. The number of carbonyl (C=O) groups is 2. The largest absolute Gasteiger partial charge is 0.486 e. The Labute approximate surface area is 136 Å². The van der Waals surface area contributed by atoms with Gasteiger partial charge in [-0.05, 0) is 23.6 Å². The molecule has 7 heteroatoms. The molecule has 1 aromatic carbocycles. The van der Waals surface area contributed by atoms with Crippen LogP contribution in [0, 0.1) is 5.92 Å². The van der Waals surface area contributed by atoms with Crippen molar-refractivity contribution in [3.63, 3.8) is 0 Å². The molecule has 1 unspecified atom stereocenters. The number of amides is 1. The monoisotopic (exact) mass is 371 g/mol. The van der Waals surface area contributed by atoms with E-state index in [4.69, 9.17) is 14.6 Å². The summed E-state index contributed by atoms with van der Waals surface area (Å²) < 4.78 is 11.7. The van der Waals surface area contributed by atoms with Crippen LogP contribution in [0.1, 0.15) is 19.4 Å². The Morgan fingerprint density at radius 1 is 1.27 bits per heavy atom. The van der Waals surface area contributed by atoms with Gasteiger partial charge in [0.1, 0.15) is 19.3 Å². The highest BCUT2D eigenvalue weighted by Crippen LogP contribution is 2.35. The van der Waals surface area contributed by atoms with Crippen LogP contribution in [0.4, 0.5) is 0 Å². The van der Waals surface area contributed by atoms with Crippen molar-refractivity contribution in [3.8, 4) is 11.5 Å². The number of hydrogen-bond acceptors (Lipinski definition) is 4. The second-order valence-corrected chi connectivity index (χ2v) is 6.25. The van der Waals surface area contributed by atoms with Crippen LogP contribution in [0.3, 0.4) is 0 Å². The van der Waals surface area contributed by atoms with Gasteiger partial charge in [0.25, 0.3) is 0 Å². The molecule has 6 nitrogen and oxygen atoms in total. The summed E-state index contributed by atoms with van der Waals surface area (Å²) >= 11 is 3.40. The number of halogens is 1. The van der Waals surface area contributed by atoms with Crippen LogP contribution >= 0.6 is 15.9 Å². The zero-order valence-corrected chi connectivity index (χ0v) is 14.0. The lowest BCUT2D eigenvalue weighted by atomic mass is 10.0. The summed E-state index contributed by atoms with van der Waals surface area (Å²) in [4.78, 5) is 23.2. The van der Waals surface area contributed by atoms with Crippen molar-refractivity contribution in [2.24, 2.45) is 5.92 Å². The van der Waals surface area contributed by atoms with Gasteiger partial charge < -0.3 is 19.9 Å². The number of nitrogens with one attached hydrogen (secondary N) is 1. The average molecular weight is 372 g/mol. The lowest BCUT2D eigenvalue weighted by molar-refractivity contribution is -0.143. The molecule has 22 heavy (non-hydrogen) atoms. The van der Waals surface area contributed by atoms with E-state index in [1.165, 1.54) is 0 Å². The van der Waals surface area contributed by atoms with Crippen molar-refractivity contribution in [2.75, 3.05) is 13.2 Å². The van der Waals surface area contributed by atoms with Gasteiger partial charge in [-0.15, -0.1) is 0 Å². The molecule has 0 fully saturated rings. The van der Waals surface area contributed by atoms with Gasteiger partial charge in [0.15, 0.2) is 11.5 Å². The van der Waals surface area contributed by atoms with E-state index in [2.05, 4.69) is 21.2 Å². The maximum absolute atomic E-state index is 12.1. The van der Waals surface area contributed by atoms with E-state index in [9.17, 15) is 9.59 Å². The summed E-state index contributed by atoms with van der Waals surface area (Å²) in [6.07, 6.45) is 0.0632. The molecule has 0 saturated carbocycles. The van der Waals surface area contributed by atoms with E-state index in [0.29, 0.717) is 24.7 Å². The van der Waals surface area contributed by atoms with E-state index in [-0.39, 0.29) is 18.2 Å². The Morgan fingerprint density at radius 2 is 1.86 bits per heavy atom. The van der Waals surface area contributed by atoms with Crippen LogP contribution in [0.5, 0.6) is 11.5 Å². The van der Waals surface area contributed by atoms with Crippen LogP contribution in [0.15, 0.2) is 16.6 Å². The first-order valence-corrected chi connectivity index (χ1v) is 7.78. The number of hydrogen-bond donors (Lipinski definition) is 2. The van der Waals surface area contributed by atoms with Crippen molar-refractivity contribution < 1.29 is 24.2 Å². The molecule has 1 heterocycles. The zero-order chi connectivity index (χ0) is 16.3. The van der Waals surface area contributed by atoms with Crippen LogP contribution in [0.25, 0.3) is 0 Å². The average Bonchev–Trinajstić information content (AvgIpc) is 2.45. The number of carboxylic acids is 1. The molecule has 120 valence electrons. The Balaban J connectivity index is 2.10. The van der Waals surface area contributed by atoms with Crippen molar-refractivity contribution in [1.82, 2.24) is 5.32 Å². The highest BCUT2D eigenvalue weighted by Gasteiger charge is 2.24. The minimum absolute atomic E-state index is 0.0632. The molecular formula is C15H18BrNO5. The van der Waals surface area contributed by atoms with Gasteiger partial charge in [-0.1, -0.05) is 29.8 Å². The maximum atomic E-state index is 12.1. The molecule has 0 radical (unpaired) electrons. The van der Waals surface area contributed by atoms with Crippen LogP contribution < -0.4 is 14.8 Å². The molecule has 0 saturated heterocycles. The minimum Gasteiger partial charge on any atom is -0.486 e. The molecule has 1 aromatic rings. The summed E-state index contributed by atoms with van der Waals surface area (Å²) in [5.74, 6) is -0.350. The molecule has 0 bridgehead atoms. The second kappa shape index (κ2) is 7.00. The van der Waals surface area contributed by atoms with E-state index in [1.54, 1.807) is 26.0 Å². The molecule has 0 spiro atoms. The number of carboxylic acid groups (broad SMARTS) is 1. The minimum atomic E-state index is -1.04. The number of aliphatic carboxylic acids is 1. The summed E-state index contributed by atoms with van der Waals surface area (Å²) in [6.45, 7) is 4.46. The number of carbonyl (C=O) groups excluding carboxylic acids is 1. The fraction of sp³-hybridized carbons (Fsp3) is 0.467. The maximum Gasteiger partial charge on any atom is 0.326 e. The third-order valence-electron chi connectivity index (χ3n) is 3.31. The third-order valence-corrected chi connectivity index (χ3v) is 4.05. The quantitative estimate of drug-likeness (QED) is 0.826. The molecule has 0 aromatic heterocycles. The third kappa shape index (κ3) is 3.91. The molecule has 2 N–H and O–H groups in total. The SMILES string of the molecule is CC(C)C(NC(=O)Cc1cc2c(cc1Br)OCCO2)C(=O)O. The number of rotatable bonds is 5. The molecule has 1 aliphatic rings. The van der Waals surface area contributed by atoms with Gasteiger partial charge in [-0.2, -0.15) is 0 Å². The molecule has 1 amide bonds. The van der Waals surface area contributed by atoms with Crippen molar-refractivity contribution in [1.29, 1.82) is 0 Å². The Hall–Kier alpha value is -1.76. The number of benzene rings is 1. The van der Waals surface area contributed by atoms with Crippen molar-refractivity contribution in [3.05, 3.63) is 22.2 Å². The Morgan fingerprint density at radius 3 is 2.41 bits per heavy atom. The van der Waals surface area contributed by atoms with E-state index in [0.717, 1.165) is 10.0 Å². The topological polar surface area (TPSA) is 84.9 Å². The number of ether oxygens (including phenoxy) is 2. The van der Waals surface area contributed by atoms with Gasteiger partial charge in [-0.3, -0.25) is 4.79 Å². The predicted octanol–water partition coefficient (Wildman–Crippen LogP) is 1.99. The standard InChI is InChI=1S/C15H18BrNO5/c1-8(2)14(15(19)20)17-13(18)6-9-5-11-12(7-10(9)16)22-4-3-21-11/h5,7-8,14H,3-4,6H2,1-2H3,(H,17,18)(H,19,20). The normalized spacial score (nSPS) is 14.5. The summed E-state index contributed by atoms with van der Waals surface area (Å²) in [5.41, 5.74) is 0.717. The molecule has 0 aliphatic carbocycles. The van der Waals surface area contributed by atoms with Gasteiger partial charge in [-0.25, -0.2) is 4.79 Å². The van der Waals surface area contributed by atoms with Crippen LogP contribution in [-0.4, -0.2) is 36.2 Å². The van der Waals surface area contributed by atoms with E-state index < -0.39 is 12.0 Å². The van der Waals surface area contributed by atoms with Crippen molar-refractivity contribution in [2.45, 2.75) is 26.3 Å². The fourth-order valence-corrected chi connectivity index (χ4v) is 2.62. The predicted molar refractivity (Wildman–Crippen MR) is 83.2 cm³/mol. The Bertz CT molecular complexity index is 588. The lowest BCUT2D eigenvalue weighted by Crippen LogP contribution is -2.44. The van der Waals surface area contributed by atoms with E-state index in [1.807, 2.05) is 0 Å². The highest BCUT2D eigenvalue weighted by atomic mass is 79.9. The van der Waals surface area contributed by atoms with Gasteiger partial charge in [0.05, 0.1) is 6.42 Å². The van der Waals surface area contributed by atoms with E-state index >= 15 is 0 Å². The van der Waals surface area contributed by atoms with Crippen LogP contribution in [-0.2, 0) is 16.0 Å². The van der Waals surface area contributed by atoms with Crippen molar-refractivity contribution >= 4 is 27.8 Å². The van der Waals surface area contributed by atoms with Gasteiger partial charge >= 0.3 is 5.97 Å².